The van der Waals surface area contributed by atoms with Gasteiger partial charge in [-0.3, -0.25) is 19.3 Å². The number of nitrogens with zero attached hydrogens (tertiary/aromatic N) is 3. The number of benzene rings is 2. The van der Waals surface area contributed by atoms with Gasteiger partial charge in [-0.15, -0.1) is 6.42 Å². The number of carbonyl (C=O) groups is 3. The normalized spacial score (nSPS) is 15.3. The SMILES string of the molecule is C#CCn1c(=NC(=O)CN2C(=O)c3ccccc3C2=O)sc2cc3c(cc21)OCCO3. The smallest absolute Gasteiger partial charge is 0.268 e. The van der Waals surface area contributed by atoms with Gasteiger partial charge in [0.05, 0.1) is 27.9 Å². The second-order valence-corrected chi connectivity index (χ2v) is 7.90. The Balaban J connectivity index is 1.50. The van der Waals surface area contributed by atoms with Crippen LogP contribution in [0.15, 0.2) is 41.4 Å². The first-order valence-electron chi connectivity index (χ1n) is 9.46. The summed E-state index contributed by atoms with van der Waals surface area (Å²) in [6.07, 6.45) is 5.52. The predicted molar refractivity (Wildman–Crippen MR) is 112 cm³/mol. The minimum atomic E-state index is -0.621. The van der Waals surface area contributed by atoms with E-state index in [-0.39, 0.29) is 17.7 Å². The molecule has 3 aromatic rings. The van der Waals surface area contributed by atoms with Gasteiger partial charge in [-0.2, -0.15) is 4.99 Å². The summed E-state index contributed by atoms with van der Waals surface area (Å²) < 4.78 is 13.8. The van der Waals surface area contributed by atoms with Crippen LogP contribution in [0.5, 0.6) is 11.5 Å². The fraction of sp³-hybridized carbons (Fsp3) is 0.182. The van der Waals surface area contributed by atoms with Gasteiger partial charge in [-0.25, -0.2) is 0 Å². The van der Waals surface area contributed by atoms with Crippen LogP contribution in [0.2, 0.25) is 0 Å². The quantitative estimate of drug-likeness (QED) is 0.464. The molecule has 0 spiro atoms. The van der Waals surface area contributed by atoms with E-state index in [1.165, 1.54) is 11.3 Å². The summed E-state index contributed by atoms with van der Waals surface area (Å²) in [4.78, 5) is 43.1. The minimum absolute atomic E-state index is 0.193. The lowest BCUT2D eigenvalue weighted by Gasteiger charge is -2.18. The van der Waals surface area contributed by atoms with Crippen LogP contribution >= 0.6 is 11.3 Å². The zero-order chi connectivity index (χ0) is 21.5. The van der Waals surface area contributed by atoms with Crippen molar-refractivity contribution in [3.63, 3.8) is 0 Å². The Morgan fingerprint density at radius 1 is 1.10 bits per heavy atom. The first-order valence-corrected chi connectivity index (χ1v) is 10.3. The highest BCUT2D eigenvalue weighted by Gasteiger charge is 2.36. The Labute approximate surface area is 180 Å². The van der Waals surface area contributed by atoms with E-state index in [1.807, 2.05) is 12.1 Å². The largest absolute Gasteiger partial charge is 0.486 e. The third-order valence-corrected chi connectivity index (χ3v) is 6.03. The molecule has 2 aromatic carbocycles. The molecular weight excluding hydrogens is 418 g/mol. The van der Waals surface area contributed by atoms with Crippen molar-refractivity contribution in [2.45, 2.75) is 6.54 Å². The number of imide groups is 1. The van der Waals surface area contributed by atoms with Crippen LogP contribution in [0.3, 0.4) is 0 Å². The average Bonchev–Trinajstić information content (AvgIpc) is 3.22. The number of ether oxygens (including phenoxy) is 2. The monoisotopic (exact) mass is 433 g/mol. The maximum Gasteiger partial charge on any atom is 0.268 e. The molecule has 9 heteroatoms. The third kappa shape index (κ3) is 3.17. The van der Waals surface area contributed by atoms with Gasteiger partial charge in [-0.1, -0.05) is 29.4 Å². The number of aromatic nitrogens is 1. The number of terminal acetylenes is 1. The van der Waals surface area contributed by atoms with Gasteiger partial charge >= 0.3 is 0 Å². The first-order chi connectivity index (χ1) is 15.1. The second-order valence-electron chi connectivity index (χ2n) is 6.89. The number of hydrogen-bond donors (Lipinski definition) is 0. The van der Waals surface area contributed by atoms with E-state index >= 15 is 0 Å². The van der Waals surface area contributed by atoms with Crippen molar-refractivity contribution >= 4 is 39.3 Å². The highest BCUT2D eigenvalue weighted by Crippen LogP contribution is 2.35. The van der Waals surface area contributed by atoms with Crippen molar-refractivity contribution in [3.05, 3.63) is 52.3 Å². The summed E-state index contributed by atoms with van der Waals surface area (Å²) in [5.41, 5.74) is 1.34. The van der Waals surface area contributed by atoms with Crippen LogP contribution in [0.1, 0.15) is 20.7 Å². The van der Waals surface area contributed by atoms with Gasteiger partial charge in [0.1, 0.15) is 19.8 Å². The fourth-order valence-electron chi connectivity index (χ4n) is 3.60. The molecule has 154 valence electrons. The Morgan fingerprint density at radius 3 is 2.39 bits per heavy atom. The van der Waals surface area contributed by atoms with Gasteiger partial charge in [0, 0.05) is 12.1 Å². The summed E-state index contributed by atoms with van der Waals surface area (Å²) in [7, 11) is 0. The molecule has 0 bridgehead atoms. The van der Waals surface area contributed by atoms with Crippen molar-refractivity contribution in [2.24, 2.45) is 4.99 Å². The van der Waals surface area contributed by atoms with Crippen molar-refractivity contribution in [1.82, 2.24) is 9.47 Å². The highest BCUT2D eigenvalue weighted by molar-refractivity contribution is 7.16. The van der Waals surface area contributed by atoms with Gasteiger partial charge in [-0.05, 0) is 12.1 Å². The van der Waals surface area contributed by atoms with Crippen LogP contribution in [0.25, 0.3) is 10.2 Å². The highest BCUT2D eigenvalue weighted by atomic mass is 32.1. The van der Waals surface area contributed by atoms with Gasteiger partial charge in [0.25, 0.3) is 17.7 Å². The van der Waals surface area contributed by atoms with Crippen LogP contribution in [-0.4, -0.2) is 46.9 Å². The summed E-state index contributed by atoms with van der Waals surface area (Å²) in [6, 6.07) is 10.1. The lowest BCUT2D eigenvalue weighted by atomic mass is 10.1. The molecule has 2 aliphatic heterocycles. The minimum Gasteiger partial charge on any atom is -0.486 e. The lowest BCUT2D eigenvalue weighted by Crippen LogP contribution is -2.35. The van der Waals surface area contributed by atoms with E-state index in [2.05, 4.69) is 10.9 Å². The Hall–Kier alpha value is -3.90. The maximum atomic E-state index is 12.7. The molecule has 1 aromatic heterocycles. The van der Waals surface area contributed by atoms with Crippen LogP contribution < -0.4 is 14.3 Å². The molecule has 0 aliphatic carbocycles. The van der Waals surface area contributed by atoms with E-state index in [9.17, 15) is 14.4 Å². The van der Waals surface area contributed by atoms with Crippen molar-refractivity contribution < 1.29 is 23.9 Å². The summed E-state index contributed by atoms with van der Waals surface area (Å²) in [6.45, 7) is 0.663. The zero-order valence-electron chi connectivity index (χ0n) is 16.2. The molecule has 0 unspecified atom stereocenters. The standard InChI is InChI=1S/C22H15N3O5S/c1-2-7-24-15-10-16-17(30-9-8-29-16)11-18(15)31-22(24)23-19(26)12-25-20(27)13-5-3-4-6-14(13)21(25)28/h1,3-6,10-11H,7-9,12H2. The van der Waals surface area contributed by atoms with Crippen LogP contribution in [0.4, 0.5) is 0 Å². The summed E-state index contributed by atoms with van der Waals surface area (Å²) >= 11 is 1.27. The predicted octanol–water partition coefficient (Wildman–Crippen LogP) is 1.83. The Bertz CT molecular complexity index is 1340. The van der Waals surface area contributed by atoms with Gasteiger partial charge in [0.2, 0.25) is 0 Å². The molecule has 0 saturated heterocycles. The summed E-state index contributed by atoms with van der Waals surface area (Å²) in [5.74, 6) is 2.16. The Kier molecular flexibility index (Phi) is 4.56. The van der Waals surface area contributed by atoms with E-state index in [4.69, 9.17) is 15.9 Å². The van der Waals surface area contributed by atoms with E-state index in [1.54, 1.807) is 28.8 Å². The molecule has 3 amide bonds. The molecule has 31 heavy (non-hydrogen) atoms. The number of thiazole rings is 1. The lowest BCUT2D eigenvalue weighted by molar-refractivity contribution is -0.118. The van der Waals surface area contributed by atoms with Gasteiger partial charge in [0.15, 0.2) is 16.3 Å². The topological polar surface area (TPSA) is 90.2 Å². The van der Waals surface area contributed by atoms with Crippen molar-refractivity contribution in [1.29, 1.82) is 0 Å². The van der Waals surface area contributed by atoms with E-state index < -0.39 is 24.3 Å². The fourth-order valence-corrected chi connectivity index (χ4v) is 4.65. The molecule has 0 saturated carbocycles. The number of carbonyl (C=O) groups excluding carboxylic acids is 3. The van der Waals surface area contributed by atoms with Gasteiger partial charge < -0.3 is 14.0 Å². The van der Waals surface area contributed by atoms with Crippen LogP contribution in [-0.2, 0) is 11.3 Å². The number of hydrogen-bond acceptors (Lipinski definition) is 6. The molecule has 0 atom stereocenters. The third-order valence-electron chi connectivity index (χ3n) is 4.99. The number of fused-ring (bicyclic) bond motifs is 3. The second kappa shape index (κ2) is 7.41. The molecule has 8 nitrogen and oxygen atoms in total. The molecule has 0 N–H and O–H groups in total. The Morgan fingerprint density at radius 2 is 1.74 bits per heavy atom. The molecule has 3 heterocycles. The van der Waals surface area contributed by atoms with Crippen molar-refractivity contribution in [3.8, 4) is 23.8 Å². The van der Waals surface area contributed by atoms with E-state index in [0.717, 1.165) is 15.1 Å². The zero-order valence-corrected chi connectivity index (χ0v) is 17.0. The molecular formula is C22H15N3O5S. The molecule has 0 radical (unpaired) electrons. The number of rotatable bonds is 3. The summed E-state index contributed by atoms with van der Waals surface area (Å²) in [5, 5.41) is 0. The number of amides is 3. The molecule has 5 rings (SSSR count). The molecule has 0 fully saturated rings. The van der Waals surface area contributed by atoms with Crippen molar-refractivity contribution in [2.75, 3.05) is 19.8 Å². The van der Waals surface area contributed by atoms with E-state index in [0.29, 0.717) is 29.5 Å². The maximum absolute atomic E-state index is 12.7. The average molecular weight is 433 g/mol. The van der Waals surface area contributed by atoms with Crippen LogP contribution in [0, 0.1) is 12.3 Å². The molecule has 2 aliphatic rings. The first kappa shape index (κ1) is 19.1.